The lowest BCUT2D eigenvalue weighted by Gasteiger charge is -2.31. The third kappa shape index (κ3) is 6.82. The van der Waals surface area contributed by atoms with Crippen LogP contribution in [0.15, 0.2) is 18.5 Å². The number of carbonyl (C=O) groups is 1. The molecular weight excluding hydrogens is 517 g/mol. The van der Waals surface area contributed by atoms with E-state index in [9.17, 15) is 18.0 Å². The first-order valence-electron chi connectivity index (χ1n) is 13.2. The number of amides is 1. The molecule has 0 aromatic carbocycles. The van der Waals surface area contributed by atoms with Crippen LogP contribution in [0, 0.1) is 5.92 Å². The molecule has 8 nitrogen and oxygen atoms in total. The summed E-state index contributed by atoms with van der Waals surface area (Å²) in [7, 11) is 1.82. The summed E-state index contributed by atoms with van der Waals surface area (Å²) < 4.78 is 43.9. The highest BCUT2D eigenvalue weighted by Crippen LogP contribution is 2.31. The average Bonchev–Trinajstić information content (AvgIpc) is 3.44. The Morgan fingerprint density at radius 1 is 1.21 bits per heavy atom. The van der Waals surface area contributed by atoms with E-state index < -0.39 is 12.8 Å². The number of aryl methyl sites for hydroxylation is 2. The van der Waals surface area contributed by atoms with Crippen LogP contribution in [0.4, 0.5) is 13.2 Å². The molecule has 0 unspecified atom stereocenters. The van der Waals surface area contributed by atoms with Crippen LogP contribution in [0.1, 0.15) is 59.5 Å². The Balaban J connectivity index is 1.05. The summed E-state index contributed by atoms with van der Waals surface area (Å²) in [5, 5.41) is 8.39. The maximum atomic E-state index is 12.9. The minimum Gasteiger partial charge on any atom is -0.460 e. The molecule has 3 aromatic heterocycles. The summed E-state index contributed by atoms with van der Waals surface area (Å²) in [6.45, 7) is 1.57. The number of nitrogens with zero attached hydrogens (tertiary/aromatic N) is 5. The van der Waals surface area contributed by atoms with Crippen LogP contribution in [0.25, 0.3) is 11.0 Å². The molecule has 5 rings (SSSR count). The normalized spacial score (nSPS) is 21.1. The molecule has 1 aliphatic heterocycles. The quantitative estimate of drug-likeness (QED) is 0.465. The van der Waals surface area contributed by atoms with Crippen molar-refractivity contribution in [2.45, 2.75) is 63.6 Å². The van der Waals surface area contributed by atoms with Gasteiger partial charge in [-0.3, -0.25) is 9.48 Å². The van der Waals surface area contributed by atoms with Crippen LogP contribution < -0.4 is 10.1 Å². The number of alkyl halides is 3. The summed E-state index contributed by atoms with van der Waals surface area (Å²) >= 11 is 1.25. The van der Waals surface area contributed by atoms with Crippen molar-refractivity contribution < 1.29 is 22.7 Å². The Bertz CT molecular complexity index is 1250. The number of ether oxygens (including phenoxy) is 1. The molecule has 38 heavy (non-hydrogen) atoms. The van der Waals surface area contributed by atoms with E-state index in [0.29, 0.717) is 17.1 Å². The molecule has 0 bridgehead atoms. The second kappa shape index (κ2) is 11.6. The highest BCUT2D eigenvalue weighted by atomic mass is 32.1. The number of fused-ring (bicyclic) bond motifs is 2. The lowest BCUT2D eigenvalue weighted by Crippen LogP contribution is -2.38. The van der Waals surface area contributed by atoms with Gasteiger partial charge in [0.1, 0.15) is 0 Å². The second-order valence-electron chi connectivity index (χ2n) is 10.3. The zero-order chi connectivity index (χ0) is 26.7. The van der Waals surface area contributed by atoms with Gasteiger partial charge < -0.3 is 15.0 Å². The number of hydrogen-bond acceptors (Lipinski definition) is 7. The molecule has 1 N–H and O–H groups in total. The van der Waals surface area contributed by atoms with Gasteiger partial charge in [0.05, 0.1) is 16.6 Å². The fourth-order valence-corrected chi connectivity index (χ4v) is 6.42. The Morgan fingerprint density at radius 2 is 2.03 bits per heavy atom. The summed E-state index contributed by atoms with van der Waals surface area (Å²) in [6.07, 6.45) is 6.86. The first-order valence-corrected chi connectivity index (χ1v) is 14.0. The molecule has 12 heteroatoms. The standard InChI is InChI=1S/C26H33F3N6O2S/c1-34-15-20-19(8-11-30-23(20)33-34)24(36)31-18-6-4-17(5-7-18)9-13-35-12-2-3-21-22(10-14-35)38-25(32-21)37-16-26(27,28)29/h8,11,15,17-18H,2-7,9-10,12-14,16H2,1H3,(H,31,36). The van der Waals surface area contributed by atoms with Crippen LogP contribution in [-0.2, 0) is 19.9 Å². The zero-order valence-electron chi connectivity index (χ0n) is 21.5. The number of halogens is 3. The fourth-order valence-electron chi connectivity index (χ4n) is 5.48. The summed E-state index contributed by atoms with van der Waals surface area (Å²) in [4.78, 5) is 25.0. The minimum atomic E-state index is -4.35. The van der Waals surface area contributed by atoms with Crippen molar-refractivity contribution in [2.24, 2.45) is 13.0 Å². The van der Waals surface area contributed by atoms with E-state index >= 15 is 0 Å². The Labute approximate surface area is 223 Å². The highest BCUT2D eigenvalue weighted by molar-refractivity contribution is 7.13. The van der Waals surface area contributed by atoms with Crippen LogP contribution in [0.2, 0.25) is 0 Å². The van der Waals surface area contributed by atoms with Gasteiger partial charge in [0.2, 0.25) is 0 Å². The molecule has 4 heterocycles. The largest absolute Gasteiger partial charge is 0.460 e. The van der Waals surface area contributed by atoms with Gasteiger partial charge in [0.15, 0.2) is 12.3 Å². The minimum absolute atomic E-state index is 0.0659. The molecule has 1 saturated carbocycles. The molecule has 1 aliphatic carbocycles. The molecule has 0 atom stereocenters. The SMILES string of the molecule is Cn1cc2c(C(=O)NC3CCC(CCN4CCCc5nc(OCC(F)(F)F)sc5CC4)CC3)ccnc2n1. The Hall–Kier alpha value is -2.73. The smallest absolute Gasteiger partial charge is 0.422 e. The van der Waals surface area contributed by atoms with Crippen LogP contribution >= 0.6 is 11.3 Å². The van der Waals surface area contributed by atoms with Gasteiger partial charge in [-0.2, -0.15) is 18.3 Å². The predicted octanol–water partition coefficient (Wildman–Crippen LogP) is 4.54. The Morgan fingerprint density at radius 3 is 2.82 bits per heavy atom. The monoisotopic (exact) mass is 550 g/mol. The maximum absolute atomic E-state index is 12.9. The molecule has 2 aliphatic rings. The number of thiazole rings is 1. The van der Waals surface area contributed by atoms with E-state index in [1.54, 1.807) is 16.9 Å². The van der Waals surface area contributed by atoms with Gasteiger partial charge in [-0.05, 0) is 76.4 Å². The lowest BCUT2D eigenvalue weighted by molar-refractivity contribution is -0.153. The van der Waals surface area contributed by atoms with Gasteiger partial charge in [-0.15, -0.1) is 0 Å². The maximum Gasteiger partial charge on any atom is 0.422 e. The summed E-state index contributed by atoms with van der Waals surface area (Å²) in [6, 6.07) is 1.93. The van der Waals surface area contributed by atoms with E-state index in [1.807, 2.05) is 13.2 Å². The van der Waals surface area contributed by atoms with Crippen molar-refractivity contribution in [3.63, 3.8) is 0 Å². The molecule has 1 amide bonds. The average molecular weight is 551 g/mol. The van der Waals surface area contributed by atoms with Crippen LogP contribution in [0.5, 0.6) is 5.19 Å². The highest BCUT2D eigenvalue weighted by Gasteiger charge is 2.30. The van der Waals surface area contributed by atoms with E-state index in [4.69, 9.17) is 4.74 Å². The second-order valence-corrected chi connectivity index (χ2v) is 11.4. The molecular formula is C26H33F3N6O2S. The summed E-state index contributed by atoms with van der Waals surface area (Å²) in [5.41, 5.74) is 2.09. The van der Waals surface area contributed by atoms with Crippen molar-refractivity contribution >= 4 is 28.3 Å². The summed E-state index contributed by atoms with van der Waals surface area (Å²) in [5.74, 6) is 0.574. The Kier molecular flexibility index (Phi) is 8.18. The van der Waals surface area contributed by atoms with Crippen molar-refractivity contribution in [3.8, 4) is 5.19 Å². The number of rotatable bonds is 7. The zero-order valence-corrected chi connectivity index (χ0v) is 22.3. The third-order valence-electron chi connectivity index (χ3n) is 7.48. The first kappa shape index (κ1) is 26.9. The van der Waals surface area contributed by atoms with Crippen molar-refractivity contribution in [2.75, 3.05) is 26.2 Å². The molecule has 1 fully saturated rings. The number of aromatic nitrogens is 4. The number of carbonyl (C=O) groups excluding carboxylic acids is 1. The van der Waals surface area contributed by atoms with Crippen LogP contribution in [-0.4, -0.2) is 69.0 Å². The lowest BCUT2D eigenvalue weighted by atomic mass is 9.84. The molecule has 0 saturated heterocycles. The van der Waals surface area contributed by atoms with Crippen molar-refractivity contribution in [3.05, 3.63) is 34.6 Å². The molecule has 206 valence electrons. The number of nitrogens with one attached hydrogen (secondary N) is 1. The fraction of sp³-hybridized carbons (Fsp3) is 0.615. The topological polar surface area (TPSA) is 85.2 Å². The van der Waals surface area contributed by atoms with E-state index in [2.05, 4.69) is 25.3 Å². The van der Waals surface area contributed by atoms with Gasteiger partial charge in [-0.25, -0.2) is 9.97 Å². The van der Waals surface area contributed by atoms with E-state index in [0.717, 1.165) is 87.0 Å². The molecule has 0 spiro atoms. The van der Waals surface area contributed by atoms with Gasteiger partial charge >= 0.3 is 6.18 Å². The van der Waals surface area contributed by atoms with Gasteiger partial charge in [0.25, 0.3) is 11.1 Å². The van der Waals surface area contributed by atoms with Gasteiger partial charge in [0, 0.05) is 36.9 Å². The number of pyridine rings is 1. The van der Waals surface area contributed by atoms with Gasteiger partial charge in [-0.1, -0.05) is 11.3 Å². The van der Waals surface area contributed by atoms with Crippen LogP contribution in [0.3, 0.4) is 0 Å². The van der Waals surface area contributed by atoms with Crippen molar-refractivity contribution in [1.82, 2.24) is 30.0 Å². The number of hydrogen-bond donors (Lipinski definition) is 1. The third-order valence-corrected chi connectivity index (χ3v) is 8.55. The molecule has 3 aromatic rings. The van der Waals surface area contributed by atoms with E-state index in [1.165, 1.54) is 11.3 Å². The van der Waals surface area contributed by atoms with Crippen molar-refractivity contribution in [1.29, 1.82) is 0 Å². The first-order chi connectivity index (χ1) is 18.2. The molecule has 0 radical (unpaired) electrons. The predicted molar refractivity (Wildman–Crippen MR) is 138 cm³/mol. The van der Waals surface area contributed by atoms with E-state index in [-0.39, 0.29) is 17.1 Å².